The lowest BCUT2D eigenvalue weighted by molar-refractivity contribution is -0.149. The second-order valence-electron chi connectivity index (χ2n) is 21.6. The van der Waals surface area contributed by atoms with E-state index in [4.69, 9.17) is 19.7 Å². The number of phenols is 1. The van der Waals surface area contributed by atoms with Gasteiger partial charge in [0.05, 0.1) is 44.6 Å². The number of amides is 8. The first-order valence-corrected chi connectivity index (χ1v) is 27.9. The van der Waals surface area contributed by atoms with Gasteiger partial charge in [-0.15, -0.1) is 0 Å². The van der Waals surface area contributed by atoms with E-state index in [0.29, 0.717) is 44.7 Å². The summed E-state index contributed by atoms with van der Waals surface area (Å²) < 4.78 is 16.5. The third kappa shape index (κ3) is 15.4. The molecule has 3 aromatic carbocycles. The Morgan fingerprint density at radius 2 is 1.43 bits per heavy atom. The molecule has 0 saturated carbocycles. The number of phenolic OH excluding ortho intramolecular Hbond substituents is 1. The number of carbonyl (C=O) groups excluding carboxylic acids is 8. The van der Waals surface area contributed by atoms with Crippen molar-refractivity contribution in [3.05, 3.63) is 83.9 Å². The number of nitrogens with one attached hydrogen (secondary N) is 5. The Morgan fingerprint density at radius 3 is 2.08 bits per heavy atom. The maximum absolute atomic E-state index is 14.7. The quantitative estimate of drug-likeness (QED) is 0.0466. The number of aromatic nitrogens is 1. The first kappa shape index (κ1) is 65.3. The minimum Gasteiger partial charge on any atom is -0.504 e. The maximum Gasteiger partial charge on any atom is 0.251 e. The van der Waals surface area contributed by atoms with Gasteiger partial charge in [0.15, 0.2) is 23.5 Å². The molecule has 29 nitrogen and oxygen atoms in total. The van der Waals surface area contributed by atoms with E-state index >= 15 is 0 Å². The highest BCUT2D eigenvalue weighted by molar-refractivity contribution is 6.00. The molecular weight excluding hydrogens is 1130 g/mol. The van der Waals surface area contributed by atoms with E-state index in [0.717, 1.165) is 51.5 Å². The molecule has 3 aliphatic rings. The van der Waals surface area contributed by atoms with Gasteiger partial charge in [-0.05, 0) is 67.4 Å². The average molecular weight is 1200 g/mol. The van der Waals surface area contributed by atoms with Crippen LogP contribution >= 0.6 is 0 Å². The van der Waals surface area contributed by atoms with Crippen LogP contribution in [-0.2, 0) is 33.6 Å². The van der Waals surface area contributed by atoms with Crippen molar-refractivity contribution < 1.29 is 98.3 Å². The first-order valence-electron chi connectivity index (χ1n) is 27.9. The lowest BCUT2D eigenvalue weighted by Crippen LogP contribution is -2.64. The first-order chi connectivity index (χ1) is 40.8. The van der Waals surface area contributed by atoms with E-state index in [1.807, 2.05) is 12.1 Å². The largest absolute Gasteiger partial charge is 0.504 e. The van der Waals surface area contributed by atoms with Crippen molar-refractivity contribution in [1.82, 2.24) is 41.5 Å². The molecule has 7 rings (SSSR count). The van der Waals surface area contributed by atoms with Crippen molar-refractivity contribution in [3.8, 4) is 39.8 Å². The molecule has 29 heteroatoms. The number of rotatable bonds is 17. The summed E-state index contributed by atoms with van der Waals surface area (Å²) in [6.45, 7) is 3.98. The highest BCUT2D eigenvalue weighted by atomic mass is 16.5. The van der Waals surface area contributed by atoms with Gasteiger partial charge in [-0.2, -0.15) is 0 Å². The van der Waals surface area contributed by atoms with Crippen LogP contribution in [0.5, 0.6) is 17.2 Å². The van der Waals surface area contributed by atoms with Crippen LogP contribution in [0.3, 0.4) is 0 Å². The number of unbranched alkanes of at least 4 members (excludes halogenated alkanes) is 2. The number of aromatic hydroxyl groups is 1. The van der Waals surface area contributed by atoms with Gasteiger partial charge in [0.1, 0.15) is 66.0 Å². The molecule has 16 N–H and O–H groups in total. The van der Waals surface area contributed by atoms with Crippen molar-refractivity contribution >= 4 is 47.3 Å². The van der Waals surface area contributed by atoms with Crippen LogP contribution in [0.4, 0.5) is 0 Å². The van der Waals surface area contributed by atoms with Crippen molar-refractivity contribution in [2.24, 2.45) is 11.7 Å². The summed E-state index contributed by atoms with van der Waals surface area (Å²) in [5, 5.41) is 117. The van der Waals surface area contributed by atoms with Gasteiger partial charge in [0, 0.05) is 54.6 Å². The molecule has 3 saturated heterocycles. The van der Waals surface area contributed by atoms with Crippen molar-refractivity contribution in [2.75, 3.05) is 26.8 Å². The molecule has 466 valence electrons. The molecule has 0 radical (unpaired) electrons. The second-order valence-corrected chi connectivity index (χ2v) is 21.6. The maximum atomic E-state index is 14.7. The number of methoxy groups -OCH3 is 1. The van der Waals surface area contributed by atoms with E-state index in [-0.39, 0.29) is 16.9 Å². The summed E-state index contributed by atoms with van der Waals surface area (Å²) in [4.78, 5) is 115. The minimum absolute atomic E-state index is 0.0754. The molecule has 4 aromatic rings. The van der Waals surface area contributed by atoms with Crippen molar-refractivity contribution in [3.63, 3.8) is 0 Å². The van der Waals surface area contributed by atoms with Gasteiger partial charge in [0.25, 0.3) is 5.91 Å². The summed E-state index contributed by atoms with van der Waals surface area (Å²) in [7, 11) is 1.16. The molecule has 3 fully saturated rings. The average Bonchev–Trinajstić information content (AvgIpc) is 2.58. The number of aliphatic hydroxyl groups excluding tert-OH is 8. The lowest BCUT2D eigenvalue weighted by Gasteiger charge is -2.34. The number of carbonyl (C=O) groups is 8. The fraction of sp³-hybridized carbons (Fsp3) is 0.491. The smallest absolute Gasteiger partial charge is 0.251 e. The van der Waals surface area contributed by atoms with Gasteiger partial charge < -0.3 is 102 Å². The summed E-state index contributed by atoms with van der Waals surface area (Å²) in [5.74, 6) is -10.8. The Bertz CT molecular complexity index is 3070. The number of hydrogen-bond acceptors (Lipinski definition) is 21. The van der Waals surface area contributed by atoms with Crippen molar-refractivity contribution in [1.29, 1.82) is 0 Å². The summed E-state index contributed by atoms with van der Waals surface area (Å²) >= 11 is 0. The van der Waals surface area contributed by atoms with E-state index in [2.05, 4.69) is 38.7 Å². The summed E-state index contributed by atoms with van der Waals surface area (Å²) in [6, 6.07) is 5.35. The van der Waals surface area contributed by atoms with Gasteiger partial charge in [-0.1, -0.05) is 50.0 Å². The zero-order chi connectivity index (χ0) is 62.8. The Hall–Kier alpha value is -8.29. The number of primary amides is 1. The molecule has 3 aliphatic heterocycles. The van der Waals surface area contributed by atoms with E-state index in [9.17, 15) is 84.3 Å². The Morgan fingerprint density at radius 1 is 0.779 bits per heavy atom. The molecule has 86 heavy (non-hydrogen) atoms. The normalized spacial score (nSPS) is 26.8. The highest BCUT2D eigenvalue weighted by Crippen LogP contribution is 2.33. The SMILES string of the molecule is CCCCCOc1ccc(-c2cc(-c3ccc(C(=O)NC4C[C@@H](O)[C@@H](O)NC(=O)[C@@H]5[C@@H](O)[C@@H](C)CN5C(=O)[C@H]([C@H](O)CC(N)=O)NC(=O)[C@H]([C@H](O)[C@@H](O)c5ccc(O)c(OC)c5)NC(=O)[C@@H]5C[C@@H](O)CN5C(=O)[C@H]([C@@H](C)O)NC4=O)cc3)no2)cc1. The van der Waals surface area contributed by atoms with Crippen molar-refractivity contribution in [2.45, 2.75) is 145 Å². The Kier molecular flexibility index (Phi) is 21.8. The van der Waals surface area contributed by atoms with E-state index in [1.54, 1.807) is 18.2 Å². The molecule has 8 amide bonds. The van der Waals surface area contributed by atoms with E-state index in [1.165, 1.54) is 31.2 Å². The van der Waals surface area contributed by atoms with Crippen LogP contribution in [0.2, 0.25) is 0 Å². The molecule has 1 aromatic heterocycles. The molecule has 0 bridgehead atoms. The topological polar surface area (TPSA) is 456 Å². The van der Waals surface area contributed by atoms with Gasteiger partial charge in [-0.25, -0.2) is 0 Å². The summed E-state index contributed by atoms with van der Waals surface area (Å²) in [6.07, 6.45) is -16.1. The zero-order valence-corrected chi connectivity index (χ0v) is 47.4. The minimum atomic E-state index is -2.46. The second kappa shape index (κ2) is 28.7. The predicted octanol–water partition coefficient (Wildman–Crippen LogP) is -3.07. The van der Waals surface area contributed by atoms with Crippen LogP contribution in [-0.4, -0.2) is 214 Å². The molecule has 0 spiro atoms. The fourth-order valence-corrected chi connectivity index (χ4v) is 10.3. The van der Waals surface area contributed by atoms with Gasteiger partial charge in [0.2, 0.25) is 41.4 Å². The van der Waals surface area contributed by atoms with Crippen LogP contribution in [0.25, 0.3) is 22.6 Å². The molecule has 15 atom stereocenters. The number of nitrogens with zero attached hydrogens (tertiary/aromatic N) is 3. The van der Waals surface area contributed by atoms with Crippen LogP contribution in [0, 0.1) is 5.92 Å². The lowest BCUT2D eigenvalue weighted by atomic mass is 9.96. The number of benzene rings is 3. The fourth-order valence-electron chi connectivity index (χ4n) is 10.3. The van der Waals surface area contributed by atoms with Gasteiger partial charge >= 0.3 is 0 Å². The zero-order valence-electron chi connectivity index (χ0n) is 47.4. The monoisotopic (exact) mass is 1200 g/mol. The standard InChI is InChI=1S/C57H73N9O20/c1-5-6-7-18-85-33-15-12-29(13-16-33)40-22-34(64-86-40)28-8-10-30(11-9-28)50(76)59-35-21-39(71)53(79)63-55(81)46-47(73)26(2)24-66(46)57(83)44(38(70)23-42(58)72)61-54(80)45(49(75)48(74)31-14-17-37(69)41(19-31)84-4)62-52(78)36-20-32(68)25-65(36)56(82)43(27(3)67)60-51(35)77/h8-17,19,22,26-27,32,35-36,38-39,43-49,53,67-71,73-75,79H,5-7,18,20-21,23-25H2,1-4H3,(H2,58,72)(H,59,76)(H,60,77)(H,61,80)(H,62,78)(H,63,81)/t26-,27+,32+,35?,36-,38+,39+,43-,44-,45-,46-,47-,48-,49-,53+/m0/s1. The number of fused-ring (bicyclic) bond motifs is 2. The predicted molar refractivity (Wildman–Crippen MR) is 298 cm³/mol. The molecule has 4 heterocycles. The Balaban J connectivity index is 1.22. The summed E-state index contributed by atoms with van der Waals surface area (Å²) in [5.41, 5.74) is 6.66. The number of ether oxygens (including phenoxy) is 2. The third-order valence-corrected chi connectivity index (χ3v) is 15.2. The van der Waals surface area contributed by atoms with Gasteiger partial charge in [-0.3, -0.25) is 38.4 Å². The van der Waals surface area contributed by atoms with Crippen LogP contribution < -0.4 is 41.8 Å². The number of aliphatic hydroxyl groups is 8. The number of nitrogens with two attached hydrogens (primary N) is 1. The van der Waals surface area contributed by atoms with E-state index < -0.39 is 176 Å². The highest BCUT2D eigenvalue weighted by Gasteiger charge is 2.51. The Labute approximate surface area is 492 Å². The molecule has 1 unspecified atom stereocenters. The molecular formula is C57H73N9O20. The van der Waals surface area contributed by atoms with Crippen LogP contribution in [0.1, 0.15) is 81.3 Å². The number of hydrogen-bond donors (Lipinski definition) is 15. The molecule has 0 aliphatic carbocycles. The van der Waals surface area contributed by atoms with Crippen LogP contribution in [0.15, 0.2) is 77.3 Å². The third-order valence-electron chi connectivity index (χ3n) is 15.2.